The summed E-state index contributed by atoms with van der Waals surface area (Å²) in [5.41, 5.74) is -3.51. The fraction of sp³-hybridized carbons (Fsp3) is 0.0645. The maximum Gasteiger partial charge on any atom is 1.00 e. The summed E-state index contributed by atoms with van der Waals surface area (Å²) in [5.74, 6) is -2.38. The van der Waals surface area contributed by atoms with E-state index in [9.17, 15) is 73.8 Å². The van der Waals surface area contributed by atoms with Crippen molar-refractivity contribution in [3.63, 3.8) is 0 Å². The second-order valence-electron chi connectivity index (χ2n) is 12.6. The van der Waals surface area contributed by atoms with Gasteiger partial charge in [0, 0.05) is 10.8 Å². The monoisotopic (exact) mass is 1130 g/mol. The number of hydrogen-bond donors (Lipinski definition) is 3. The van der Waals surface area contributed by atoms with Crippen molar-refractivity contribution in [2.75, 3.05) is 12.4 Å². The summed E-state index contributed by atoms with van der Waals surface area (Å²) in [6, 6.07) is 10.1. The Labute approximate surface area is 506 Å². The number of sulfone groups is 1. The fourth-order valence-corrected chi connectivity index (χ4v) is 9.78. The Morgan fingerprint density at radius 1 is 0.623 bits per heavy atom. The number of nitrogens with one attached hydrogen (secondary N) is 2. The molecule has 0 atom stereocenters. The molecule has 0 aliphatic rings. The number of azo groups is 1. The first-order valence-corrected chi connectivity index (χ1v) is 25.5. The molecule has 26 nitrogen and oxygen atoms in total. The molecule has 0 unspecified atom stereocenters. The third kappa shape index (κ3) is 17.2. The van der Waals surface area contributed by atoms with Gasteiger partial charge in [-0.05, 0) is 83.0 Å². The van der Waals surface area contributed by atoms with Crippen LogP contribution in [0.3, 0.4) is 0 Å². The van der Waals surface area contributed by atoms with Crippen LogP contribution in [0.2, 0.25) is 5.28 Å². The Morgan fingerprint density at radius 3 is 1.80 bits per heavy atom. The molecular formula is C31H19ClN7Na5O19S6. The Hall–Kier alpha value is -0.620. The number of benzene rings is 5. The van der Waals surface area contributed by atoms with Gasteiger partial charge in [0.1, 0.15) is 40.5 Å². The fourth-order valence-electron chi connectivity index (χ4n) is 5.60. The number of hydrogen-bond acceptors (Lipinski definition) is 23. The van der Waals surface area contributed by atoms with E-state index in [-0.39, 0.29) is 159 Å². The average Bonchev–Trinajstić information content (AvgIpc) is 3.14. The Balaban J connectivity index is 0.00000476. The molecule has 69 heavy (non-hydrogen) atoms. The summed E-state index contributed by atoms with van der Waals surface area (Å²) >= 11 is 6.11. The van der Waals surface area contributed by atoms with Gasteiger partial charge in [-0.15, -0.1) is 5.11 Å². The molecule has 0 aliphatic carbocycles. The van der Waals surface area contributed by atoms with Crippen LogP contribution in [0.1, 0.15) is 0 Å². The van der Waals surface area contributed by atoms with Crippen LogP contribution in [0.5, 0.6) is 5.75 Å². The van der Waals surface area contributed by atoms with Crippen LogP contribution in [-0.4, -0.2) is 101 Å². The molecule has 0 saturated carbocycles. The van der Waals surface area contributed by atoms with Crippen LogP contribution in [0.4, 0.5) is 22.7 Å². The van der Waals surface area contributed by atoms with Gasteiger partial charge in [0.2, 0.25) is 16.5 Å². The van der Waals surface area contributed by atoms with Gasteiger partial charge in [-0.25, -0.2) is 56.3 Å². The van der Waals surface area contributed by atoms with E-state index in [0.717, 1.165) is 36.4 Å². The Morgan fingerprint density at radius 2 is 1.22 bits per heavy atom. The van der Waals surface area contributed by atoms with Crippen LogP contribution in [0.25, 0.3) is 21.5 Å². The van der Waals surface area contributed by atoms with Gasteiger partial charge in [0.05, 0.1) is 59.6 Å². The quantitative estimate of drug-likeness (QED) is 0.0549. The van der Waals surface area contributed by atoms with E-state index in [4.69, 9.17) is 16.2 Å². The summed E-state index contributed by atoms with van der Waals surface area (Å²) in [7, 11) is -31.1. The van der Waals surface area contributed by atoms with Crippen molar-refractivity contribution in [3.05, 3.63) is 89.3 Å². The number of rotatable bonds is 13. The predicted molar refractivity (Wildman–Crippen MR) is 208 cm³/mol. The van der Waals surface area contributed by atoms with Crippen LogP contribution in [0.15, 0.2) is 117 Å². The number of fused-ring (bicyclic) bond motifs is 2. The zero-order valence-corrected chi connectivity index (χ0v) is 51.4. The van der Waals surface area contributed by atoms with Crippen molar-refractivity contribution in [2.24, 2.45) is 20.2 Å². The topological polar surface area (TPSA) is 444 Å². The minimum absolute atomic E-state index is 0. The largest absolute Gasteiger partial charge is 1.00 e. The van der Waals surface area contributed by atoms with Gasteiger partial charge in [-0.2, -0.15) is 18.5 Å². The van der Waals surface area contributed by atoms with Gasteiger partial charge >= 0.3 is 158 Å². The third-order valence-electron chi connectivity index (χ3n) is 8.22. The standard InChI is InChI=1S/C31H24ClN7O19S6.5Na/c32-29-35-30(33-17-2-1-3-19(11-17)59(41,42)7-6-58-64(55,56)57)37-31(36-29)34-23-13-20(60(43,44)45)9-16-10-25(63(52,53)54)27(28(40)26(16)23)39-38-18-5-4-15-8-21(61(46,47)48)14-24(22(15)12-18)62(49,50)51;;;;;/h1-5,8-14,40H,6-7H2,(H,43,44,45)(H,46,47,48)(H,49,50,51)(H,52,53,54)(H,55,56,57)(H2,33,34,35,36,37);;;;;/q;5*+1/p-5. The molecule has 0 saturated heterocycles. The molecule has 5 aromatic carbocycles. The molecule has 0 radical (unpaired) electrons. The molecule has 3 N–H and O–H groups in total. The van der Waals surface area contributed by atoms with E-state index in [1.54, 1.807) is 0 Å². The first-order chi connectivity index (χ1) is 29.4. The molecular weight excluding hydrogens is 1120 g/mol. The minimum Gasteiger partial charge on any atom is -0.870 e. The molecule has 0 bridgehead atoms. The molecule has 1 aromatic heterocycles. The number of nitrogens with zero attached hydrogens (tertiary/aromatic N) is 5. The van der Waals surface area contributed by atoms with Crippen molar-refractivity contribution in [2.45, 2.75) is 24.5 Å². The molecule has 1 heterocycles. The van der Waals surface area contributed by atoms with Crippen molar-refractivity contribution in [1.82, 2.24) is 15.0 Å². The average molecular weight is 1140 g/mol. The summed E-state index contributed by atoms with van der Waals surface area (Å²) < 4.78 is 205. The van der Waals surface area contributed by atoms with Crippen LogP contribution in [-0.2, 0) is 64.9 Å². The number of halogens is 1. The van der Waals surface area contributed by atoms with E-state index < -0.39 is 153 Å². The number of aromatic amines is 2. The normalized spacial score (nSPS) is 13.0. The van der Waals surface area contributed by atoms with Crippen LogP contribution in [0, 0.1) is 0 Å². The zero-order valence-electron chi connectivity index (χ0n) is 35.7. The summed E-state index contributed by atoms with van der Waals surface area (Å²) in [6.07, 6.45) is 0. The van der Waals surface area contributed by atoms with E-state index in [1.807, 2.05) is 0 Å². The van der Waals surface area contributed by atoms with Crippen molar-refractivity contribution in [1.29, 1.82) is 0 Å². The van der Waals surface area contributed by atoms with E-state index in [0.29, 0.717) is 24.3 Å². The molecule has 0 fully saturated rings. The van der Waals surface area contributed by atoms with Crippen LogP contribution < -0.4 is 164 Å². The molecule has 38 heteroatoms. The SMILES string of the molecule is O=S(=O)(O)OCCS(=O)(=O)c1cccc(N=c2nc(Cl)[nH]c(=Nc3cc(S(=O)(=O)[O-])cc4cc(S(=O)(=O)[O-])c(N=Nc5ccc6cc(S(=O)(=O)[O-])cc(S(=O)(=O)[O-])c6c5)c([O-])c34)[nH]2)c1.[Na+].[Na+].[Na+].[Na+].[Na+]. The van der Waals surface area contributed by atoms with E-state index in [1.165, 1.54) is 12.1 Å². The maximum absolute atomic E-state index is 14.1. The van der Waals surface area contributed by atoms with Crippen molar-refractivity contribution < 1.29 is 230 Å². The zero-order chi connectivity index (χ0) is 47.4. The Bertz CT molecular complexity index is 3870. The van der Waals surface area contributed by atoms with Crippen LogP contribution >= 0.6 is 11.6 Å². The van der Waals surface area contributed by atoms with Crippen molar-refractivity contribution in [3.8, 4) is 5.75 Å². The molecule has 0 spiro atoms. The van der Waals surface area contributed by atoms with Gasteiger partial charge < -0.3 is 28.3 Å². The van der Waals surface area contributed by atoms with E-state index in [2.05, 4.69) is 39.3 Å². The molecule has 0 amide bonds. The van der Waals surface area contributed by atoms with Gasteiger partial charge in [0.25, 0.3) is 0 Å². The molecule has 340 valence electrons. The van der Waals surface area contributed by atoms with Gasteiger partial charge in [-0.3, -0.25) is 9.54 Å². The third-order valence-corrected chi connectivity index (χ3v) is 13.9. The minimum atomic E-state index is -5.71. The molecule has 6 rings (SSSR count). The first kappa shape index (κ1) is 66.4. The summed E-state index contributed by atoms with van der Waals surface area (Å²) in [6.45, 7) is -0.939. The van der Waals surface area contributed by atoms with Gasteiger partial charge in [0.15, 0.2) is 9.84 Å². The predicted octanol–water partition coefficient (Wildman–Crippen LogP) is -14.1. The second-order valence-corrected chi connectivity index (χ2v) is 21.6. The van der Waals surface area contributed by atoms with E-state index >= 15 is 0 Å². The first-order valence-electron chi connectivity index (χ1n) is 16.4. The molecule has 0 aliphatic heterocycles. The Kier molecular flexibility index (Phi) is 24.3. The van der Waals surface area contributed by atoms with Crippen molar-refractivity contribution >= 4 is 117 Å². The molecule has 6 aromatic rings. The number of H-pyrrole nitrogens is 2. The smallest absolute Gasteiger partial charge is 0.870 e. The number of aromatic nitrogens is 3. The summed E-state index contributed by atoms with van der Waals surface area (Å²) in [4.78, 5) is 11.8. The second kappa shape index (κ2) is 25.3. The maximum atomic E-state index is 14.1. The van der Waals surface area contributed by atoms with Gasteiger partial charge in [-0.1, -0.05) is 17.9 Å². The summed E-state index contributed by atoms with van der Waals surface area (Å²) in [5, 5.41) is 18.7.